The van der Waals surface area contributed by atoms with Crippen LogP contribution in [0.1, 0.15) is 17.9 Å². The standard InChI is InChI=1S/C20H21NO2/c1-23-20(22)19(18-9-5-6-14-21-18)17-12-10-16(11-13-17)15-7-3-2-4-8-15/h2-5,7-13,18-19,21H,6,14H2,1H3/t18-,19?/m1/s1. The van der Waals surface area contributed by atoms with Crippen molar-refractivity contribution in [1.29, 1.82) is 0 Å². The highest BCUT2D eigenvalue weighted by molar-refractivity contribution is 5.80. The third-order valence-corrected chi connectivity index (χ3v) is 4.23. The molecule has 1 aliphatic heterocycles. The minimum atomic E-state index is -0.318. The Morgan fingerprint density at radius 3 is 2.39 bits per heavy atom. The lowest BCUT2D eigenvalue weighted by Gasteiger charge is -2.26. The summed E-state index contributed by atoms with van der Waals surface area (Å²) in [7, 11) is 1.44. The largest absolute Gasteiger partial charge is 0.468 e. The molecule has 1 aliphatic rings. The maximum Gasteiger partial charge on any atom is 0.315 e. The smallest absolute Gasteiger partial charge is 0.315 e. The molecule has 3 heteroatoms. The first-order chi connectivity index (χ1) is 11.3. The highest BCUT2D eigenvalue weighted by atomic mass is 16.5. The van der Waals surface area contributed by atoms with Gasteiger partial charge in [0, 0.05) is 6.04 Å². The second-order valence-electron chi connectivity index (χ2n) is 5.69. The number of hydrogen-bond acceptors (Lipinski definition) is 3. The lowest BCUT2D eigenvalue weighted by molar-refractivity contribution is -0.142. The van der Waals surface area contributed by atoms with Gasteiger partial charge in [0.25, 0.3) is 0 Å². The highest BCUT2D eigenvalue weighted by Gasteiger charge is 2.29. The van der Waals surface area contributed by atoms with E-state index in [0.717, 1.165) is 24.1 Å². The normalized spacial score (nSPS) is 18.4. The van der Waals surface area contributed by atoms with Crippen molar-refractivity contribution in [1.82, 2.24) is 5.32 Å². The molecule has 3 rings (SSSR count). The molecule has 0 saturated heterocycles. The number of benzene rings is 2. The van der Waals surface area contributed by atoms with Crippen molar-refractivity contribution < 1.29 is 9.53 Å². The molecule has 3 nitrogen and oxygen atoms in total. The van der Waals surface area contributed by atoms with Gasteiger partial charge in [-0.15, -0.1) is 0 Å². The molecule has 2 aromatic carbocycles. The fraction of sp³-hybridized carbons (Fsp3) is 0.250. The van der Waals surface area contributed by atoms with E-state index < -0.39 is 0 Å². The number of carbonyl (C=O) groups excluding carboxylic acids is 1. The van der Waals surface area contributed by atoms with E-state index in [1.54, 1.807) is 0 Å². The van der Waals surface area contributed by atoms with Gasteiger partial charge in [0.2, 0.25) is 0 Å². The number of nitrogens with one attached hydrogen (secondary N) is 1. The van der Waals surface area contributed by atoms with Crippen molar-refractivity contribution >= 4 is 5.97 Å². The molecule has 0 spiro atoms. The van der Waals surface area contributed by atoms with Gasteiger partial charge in [0.1, 0.15) is 5.92 Å². The molecule has 0 saturated carbocycles. The van der Waals surface area contributed by atoms with Crippen LogP contribution in [0.2, 0.25) is 0 Å². The first kappa shape index (κ1) is 15.5. The number of methoxy groups -OCH3 is 1. The van der Waals surface area contributed by atoms with Crippen LogP contribution in [-0.4, -0.2) is 25.7 Å². The maximum absolute atomic E-state index is 12.3. The molecule has 0 aromatic heterocycles. The number of ether oxygens (including phenoxy) is 1. The molecule has 0 radical (unpaired) electrons. The van der Waals surface area contributed by atoms with Gasteiger partial charge < -0.3 is 10.1 Å². The molecular weight excluding hydrogens is 286 g/mol. The quantitative estimate of drug-likeness (QED) is 0.694. The minimum absolute atomic E-state index is 0.0150. The van der Waals surface area contributed by atoms with Gasteiger partial charge in [0.05, 0.1) is 7.11 Å². The molecule has 1 heterocycles. The van der Waals surface area contributed by atoms with Crippen LogP contribution in [0.3, 0.4) is 0 Å². The van der Waals surface area contributed by atoms with Gasteiger partial charge in [-0.25, -0.2) is 0 Å². The molecule has 0 amide bonds. The van der Waals surface area contributed by atoms with E-state index in [4.69, 9.17) is 4.74 Å². The van der Waals surface area contributed by atoms with Crippen molar-refractivity contribution in [2.45, 2.75) is 18.4 Å². The Kier molecular flexibility index (Phi) is 4.89. The lowest BCUT2D eigenvalue weighted by Crippen LogP contribution is -2.39. The molecule has 23 heavy (non-hydrogen) atoms. The number of rotatable bonds is 4. The summed E-state index contributed by atoms with van der Waals surface area (Å²) < 4.78 is 5.02. The zero-order valence-electron chi connectivity index (χ0n) is 13.2. The van der Waals surface area contributed by atoms with Crippen LogP contribution in [0, 0.1) is 0 Å². The molecule has 0 bridgehead atoms. The summed E-state index contributed by atoms with van der Waals surface area (Å²) in [4.78, 5) is 12.3. The Morgan fingerprint density at radius 1 is 1.09 bits per heavy atom. The second kappa shape index (κ2) is 7.25. The summed E-state index contributed by atoms with van der Waals surface area (Å²) in [5.74, 6) is -0.525. The van der Waals surface area contributed by atoms with Crippen molar-refractivity contribution in [2.75, 3.05) is 13.7 Å². The van der Waals surface area contributed by atoms with Crippen LogP contribution < -0.4 is 5.32 Å². The number of hydrogen-bond donors (Lipinski definition) is 1. The second-order valence-corrected chi connectivity index (χ2v) is 5.69. The molecule has 2 atom stereocenters. The van der Waals surface area contributed by atoms with E-state index >= 15 is 0 Å². The molecule has 0 aliphatic carbocycles. The predicted octanol–water partition coefficient (Wildman–Crippen LogP) is 3.53. The first-order valence-electron chi connectivity index (χ1n) is 7.93. The topological polar surface area (TPSA) is 38.3 Å². The van der Waals surface area contributed by atoms with E-state index in [-0.39, 0.29) is 17.9 Å². The van der Waals surface area contributed by atoms with Gasteiger partial charge >= 0.3 is 5.97 Å². The molecule has 2 aromatic rings. The average molecular weight is 307 g/mol. The van der Waals surface area contributed by atoms with Crippen molar-refractivity contribution in [3.63, 3.8) is 0 Å². The maximum atomic E-state index is 12.3. The van der Waals surface area contributed by atoms with Gasteiger partial charge in [-0.1, -0.05) is 66.7 Å². The third kappa shape index (κ3) is 3.51. The Balaban J connectivity index is 1.89. The SMILES string of the molecule is COC(=O)C(c1ccc(-c2ccccc2)cc1)[C@H]1C=CCCN1. The van der Waals surface area contributed by atoms with Crippen molar-refractivity contribution in [2.24, 2.45) is 0 Å². The number of carbonyl (C=O) groups is 1. The van der Waals surface area contributed by atoms with E-state index in [9.17, 15) is 4.79 Å². The highest BCUT2D eigenvalue weighted by Crippen LogP contribution is 2.27. The predicted molar refractivity (Wildman–Crippen MR) is 92.2 cm³/mol. The zero-order valence-corrected chi connectivity index (χ0v) is 13.2. The summed E-state index contributed by atoms with van der Waals surface area (Å²) in [5.41, 5.74) is 3.29. The van der Waals surface area contributed by atoms with Crippen LogP contribution in [-0.2, 0) is 9.53 Å². The van der Waals surface area contributed by atoms with E-state index in [2.05, 4.69) is 41.7 Å². The van der Waals surface area contributed by atoms with Crippen molar-refractivity contribution in [3.05, 3.63) is 72.3 Å². The average Bonchev–Trinajstić information content (AvgIpc) is 2.64. The van der Waals surface area contributed by atoms with E-state index in [0.29, 0.717) is 0 Å². The summed E-state index contributed by atoms with van der Waals surface area (Å²) >= 11 is 0. The lowest BCUT2D eigenvalue weighted by atomic mass is 9.88. The van der Waals surface area contributed by atoms with Gasteiger partial charge in [-0.05, 0) is 29.7 Å². The summed E-state index contributed by atoms with van der Waals surface area (Å²) in [6.07, 6.45) is 5.18. The fourth-order valence-electron chi connectivity index (χ4n) is 3.00. The monoisotopic (exact) mass is 307 g/mol. The van der Waals surface area contributed by atoms with Crippen LogP contribution >= 0.6 is 0 Å². The summed E-state index contributed by atoms with van der Waals surface area (Å²) in [5, 5.41) is 3.39. The molecular formula is C20H21NO2. The van der Waals surface area contributed by atoms with Crippen molar-refractivity contribution in [3.8, 4) is 11.1 Å². The van der Waals surface area contributed by atoms with Crippen LogP contribution in [0.25, 0.3) is 11.1 Å². The Morgan fingerprint density at radius 2 is 1.78 bits per heavy atom. The molecule has 1 N–H and O–H groups in total. The molecule has 118 valence electrons. The number of esters is 1. The third-order valence-electron chi connectivity index (χ3n) is 4.23. The van der Waals surface area contributed by atoms with Gasteiger partial charge in [-0.2, -0.15) is 0 Å². The molecule has 0 fully saturated rings. The fourth-order valence-corrected chi connectivity index (χ4v) is 3.00. The molecule has 1 unspecified atom stereocenters. The Bertz CT molecular complexity index is 677. The van der Waals surface area contributed by atoms with Crippen LogP contribution in [0.4, 0.5) is 0 Å². The van der Waals surface area contributed by atoms with E-state index in [1.165, 1.54) is 12.7 Å². The summed E-state index contributed by atoms with van der Waals surface area (Å²) in [6.45, 7) is 0.886. The first-order valence-corrected chi connectivity index (χ1v) is 7.93. The van der Waals surface area contributed by atoms with Crippen LogP contribution in [0.5, 0.6) is 0 Å². The summed E-state index contributed by atoms with van der Waals surface area (Å²) in [6, 6.07) is 18.4. The van der Waals surface area contributed by atoms with Crippen LogP contribution in [0.15, 0.2) is 66.7 Å². The van der Waals surface area contributed by atoms with Gasteiger partial charge in [0.15, 0.2) is 0 Å². The Labute approximate surface area is 137 Å². The van der Waals surface area contributed by atoms with Gasteiger partial charge in [-0.3, -0.25) is 4.79 Å². The minimum Gasteiger partial charge on any atom is -0.468 e. The zero-order chi connectivity index (χ0) is 16.1. The Hall–Kier alpha value is -2.39. The van der Waals surface area contributed by atoms with E-state index in [1.807, 2.05) is 30.3 Å².